The highest BCUT2D eigenvalue weighted by molar-refractivity contribution is 7.98. The molecule has 2 heterocycles. The van der Waals surface area contributed by atoms with Crippen LogP contribution in [0.4, 0.5) is 0 Å². The number of nitrogens with zero attached hydrogens (tertiary/aromatic N) is 3. The maximum absolute atomic E-state index is 12.9. The lowest BCUT2D eigenvalue weighted by Gasteiger charge is -2.10. The Kier molecular flexibility index (Phi) is 7.47. The van der Waals surface area contributed by atoms with Gasteiger partial charge in [0.05, 0.1) is 32.0 Å². The van der Waals surface area contributed by atoms with Gasteiger partial charge in [0.25, 0.3) is 0 Å². The molecule has 9 heteroatoms. The number of methoxy groups -OCH3 is 3. The van der Waals surface area contributed by atoms with Crippen LogP contribution < -0.4 is 4.74 Å². The molecule has 178 valence electrons. The minimum Gasteiger partial charge on any atom is -0.496 e. The third-order valence-corrected chi connectivity index (χ3v) is 6.21. The molecule has 0 unspecified atom stereocenters. The van der Waals surface area contributed by atoms with Crippen LogP contribution in [-0.4, -0.2) is 48.0 Å². The topological polar surface area (TPSA) is 92.5 Å². The zero-order valence-corrected chi connectivity index (χ0v) is 20.2. The van der Waals surface area contributed by atoms with E-state index >= 15 is 0 Å². The maximum atomic E-state index is 12.9. The first-order chi connectivity index (χ1) is 17.1. The second-order valence-electron chi connectivity index (χ2n) is 7.29. The van der Waals surface area contributed by atoms with Gasteiger partial charge in [-0.25, -0.2) is 19.3 Å². The summed E-state index contributed by atoms with van der Waals surface area (Å²) in [6.07, 6.45) is 1.74. The van der Waals surface area contributed by atoms with E-state index in [1.807, 2.05) is 48.5 Å². The standard InChI is InChI=1S/C26H23N3O5S/c1-32-20-13-12-17(15-18(20)16-35-21-11-7-8-14-27-21)23-22(25(30)33-2)24(26(31)34-3)29(28-23)19-9-5-4-6-10-19/h4-15H,16H2,1-3H3. The van der Waals surface area contributed by atoms with Gasteiger partial charge in [-0.3, -0.25) is 0 Å². The molecule has 0 bridgehead atoms. The van der Waals surface area contributed by atoms with E-state index in [1.54, 1.807) is 43.3 Å². The van der Waals surface area contributed by atoms with Crippen molar-refractivity contribution in [1.82, 2.24) is 14.8 Å². The number of pyridine rings is 1. The van der Waals surface area contributed by atoms with Crippen LogP contribution in [0, 0.1) is 0 Å². The van der Waals surface area contributed by atoms with E-state index in [1.165, 1.54) is 18.9 Å². The first-order valence-corrected chi connectivity index (χ1v) is 11.6. The lowest BCUT2D eigenvalue weighted by molar-refractivity contribution is 0.0549. The number of esters is 2. The fourth-order valence-electron chi connectivity index (χ4n) is 3.58. The van der Waals surface area contributed by atoms with E-state index in [9.17, 15) is 9.59 Å². The molecule has 0 aliphatic heterocycles. The molecule has 2 aromatic carbocycles. The molecule has 0 saturated carbocycles. The molecule has 8 nitrogen and oxygen atoms in total. The van der Waals surface area contributed by atoms with Gasteiger partial charge < -0.3 is 14.2 Å². The van der Waals surface area contributed by atoms with Gasteiger partial charge in [0.1, 0.15) is 17.0 Å². The normalized spacial score (nSPS) is 10.6. The van der Waals surface area contributed by atoms with Crippen molar-refractivity contribution in [2.45, 2.75) is 10.8 Å². The molecule has 0 N–H and O–H groups in total. The number of rotatable bonds is 8. The van der Waals surface area contributed by atoms with Crippen molar-refractivity contribution in [2.24, 2.45) is 0 Å². The van der Waals surface area contributed by atoms with Gasteiger partial charge in [-0.1, -0.05) is 24.3 Å². The largest absolute Gasteiger partial charge is 0.496 e. The molecule has 0 radical (unpaired) electrons. The van der Waals surface area contributed by atoms with Crippen molar-refractivity contribution < 1.29 is 23.8 Å². The van der Waals surface area contributed by atoms with Gasteiger partial charge in [0.2, 0.25) is 0 Å². The Bertz CT molecular complexity index is 1340. The van der Waals surface area contributed by atoms with E-state index in [4.69, 9.17) is 14.2 Å². The molecule has 4 rings (SSSR count). The number of ether oxygens (including phenoxy) is 3. The number of para-hydroxylation sites is 1. The second kappa shape index (κ2) is 10.9. The highest BCUT2D eigenvalue weighted by atomic mass is 32.2. The van der Waals surface area contributed by atoms with Crippen molar-refractivity contribution >= 4 is 23.7 Å². The van der Waals surface area contributed by atoms with E-state index in [2.05, 4.69) is 10.1 Å². The molecule has 2 aromatic heterocycles. The fourth-order valence-corrected chi connectivity index (χ4v) is 4.42. The van der Waals surface area contributed by atoms with Crippen molar-refractivity contribution in [2.75, 3.05) is 21.3 Å². The van der Waals surface area contributed by atoms with Crippen molar-refractivity contribution in [3.05, 3.63) is 89.7 Å². The predicted molar refractivity (Wildman–Crippen MR) is 132 cm³/mol. The van der Waals surface area contributed by atoms with E-state index < -0.39 is 11.9 Å². The molecule has 0 amide bonds. The van der Waals surface area contributed by atoms with Crippen LogP contribution in [0.3, 0.4) is 0 Å². The van der Waals surface area contributed by atoms with Gasteiger partial charge in [0.15, 0.2) is 5.69 Å². The molecule has 35 heavy (non-hydrogen) atoms. The van der Waals surface area contributed by atoms with Gasteiger partial charge in [-0.15, -0.1) is 11.8 Å². The monoisotopic (exact) mass is 489 g/mol. The average molecular weight is 490 g/mol. The first kappa shape index (κ1) is 24.0. The summed E-state index contributed by atoms with van der Waals surface area (Å²) in [5.74, 6) is -0.132. The lowest BCUT2D eigenvalue weighted by atomic mass is 10.0. The first-order valence-electron chi connectivity index (χ1n) is 10.6. The van der Waals surface area contributed by atoms with Gasteiger partial charge in [-0.2, -0.15) is 5.10 Å². The second-order valence-corrected chi connectivity index (χ2v) is 8.28. The lowest BCUT2D eigenvalue weighted by Crippen LogP contribution is -2.15. The van der Waals surface area contributed by atoms with Crippen LogP contribution in [0.5, 0.6) is 5.75 Å². The van der Waals surface area contributed by atoms with E-state index in [-0.39, 0.29) is 11.3 Å². The Morgan fingerprint density at radius 3 is 2.31 bits per heavy atom. The Hall–Kier alpha value is -4.11. The molecule has 0 atom stereocenters. The van der Waals surface area contributed by atoms with Crippen LogP contribution in [0.25, 0.3) is 16.9 Å². The quantitative estimate of drug-likeness (QED) is 0.257. The van der Waals surface area contributed by atoms with Crippen molar-refractivity contribution in [3.63, 3.8) is 0 Å². The summed E-state index contributed by atoms with van der Waals surface area (Å²) < 4.78 is 17.0. The molecule has 0 saturated heterocycles. The zero-order valence-electron chi connectivity index (χ0n) is 19.4. The smallest absolute Gasteiger partial charge is 0.357 e. The number of thioether (sulfide) groups is 1. The third-order valence-electron chi connectivity index (χ3n) is 5.22. The highest BCUT2D eigenvalue weighted by Gasteiger charge is 2.31. The number of benzene rings is 2. The zero-order chi connectivity index (χ0) is 24.8. The summed E-state index contributed by atoms with van der Waals surface area (Å²) in [5, 5.41) is 5.53. The summed E-state index contributed by atoms with van der Waals surface area (Å²) >= 11 is 1.55. The Labute approximate surface area is 206 Å². The van der Waals surface area contributed by atoms with Gasteiger partial charge >= 0.3 is 11.9 Å². The minimum absolute atomic E-state index is 0.0132. The average Bonchev–Trinajstić information content (AvgIpc) is 3.32. The van der Waals surface area contributed by atoms with Crippen LogP contribution in [0.1, 0.15) is 26.4 Å². The van der Waals surface area contributed by atoms with Crippen LogP contribution in [0.15, 0.2) is 78.0 Å². The molecule has 4 aromatic rings. The van der Waals surface area contributed by atoms with Crippen LogP contribution >= 0.6 is 11.8 Å². The highest BCUT2D eigenvalue weighted by Crippen LogP contribution is 2.34. The third kappa shape index (κ3) is 5.04. The van der Waals surface area contributed by atoms with Gasteiger partial charge in [-0.05, 0) is 42.5 Å². The fraction of sp³-hybridized carbons (Fsp3) is 0.154. The number of carbonyl (C=O) groups is 2. The maximum Gasteiger partial charge on any atom is 0.357 e. The Balaban J connectivity index is 1.86. The number of carbonyl (C=O) groups excluding carboxylic acids is 2. The summed E-state index contributed by atoms with van der Waals surface area (Å²) in [6, 6.07) is 20.3. The summed E-state index contributed by atoms with van der Waals surface area (Å²) in [4.78, 5) is 30.0. The molecule has 0 aliphatic rings. The van der Waals surface area contributed by atoms with Crippen molar-refractivity contribution in [3.8, 4) is 22.7 Å². The predicted octanol–water partition coefficient (Wildman–Crippen LogP) is 4.81. The summed E-state index contributed by atoms with van der Waals surface area (Å²) in [7, 11) is 4.12. The SMILES string of the molecule is COC(=O)c1c(-c2ccc(OC)c(CSc3ccccn3)c2)nn(-c2ccccc2)c1C(=O)OC. The van der Waals surface area contributed by atoms with E-state index in [0.717, 1.165) is 10.6 Å². The van der Waals surface area contributed by atoms with Crippen LogP contribution in [-0.2, 0) is 15.2 Å². The number of hydrogen-bond donors (Lipinski definition) is 0. The van der Waals surface area contributed by atoms with Crippen molar-refractivity contribution in [1.29, 1.82) is 0 Å². The van der Waals surface area contributed by atoms with Gasteiger partial charge in [0, 0.05) is 23.1 Å². The molecule has 0 aliphatic carbocycles. The Morgan fingerprint density at radius 1 is 0.914 bits per heavy atom. The summed E-state index contributed by atoms with van der Waals surface area (Å²) in [6.45, 7) is 0. The van der Waals surface area contributed by atoms with Crippen LogP contribution in [0.2, 0.25) is 0 Å². The Morgan fingerprint density at radius 2 is 1.66 bits per heavy atom. The minimum atomic E-state index is -0.701. The molecular weight excluding hydrogens is 466 g/mol. The molecule has 0 spiro atoms. The molecular formula is C26H23N3O5S. The van der Waals surface area contributed by atoms with E-state index in [0.29, 0.717) is 28.4 Å². The number of hydrogen-bond acceptors (Lipinski definition) is 8. The number of aromatic nitrogens is 3. The molecule has 0 fully saturated rings. The summed E-state index contributed by atoms with van der Waals surface area (Å²) in [5.41, 5.74) is 2.42.